The lowest BCUT2D eigenvalue weighted by Gasteiger charge is -2.12. The summed E-state index contributed by atoms with van der Waals surface area (Å²) < 4.78 is 31.6. The zero-order valence-electron chi connectivity index (χ0n) is 35.4. The quantitative estimate of drug-likeness (QED) is 0.111. The number of nitrogens with one attached hydrogen (secondary N) is 1. The van der Waals surface area contributed by atoms with E-state index >= 15 is 0 Å². The van der Waals surface area contributed by atoms with Crippen molar-refractivity contribution in [2.24, 2.45) is 0 Å². The van der Waals surface area contributed by atoms with Gasteiger partial charge in [-0.2, -0.15) is 0 Å². The predicted octanol–water partition coefficient (Wildman–Crippen LogP) is 10.0. The number of amides is 1. The van der Waals surface area contributed by atoms with Gasteiger partial charge in [0.1, 0.15) is 0 Å². The maximum Gasteiger partial charge on any atom is 0.337 e. The highest BCUT2D eigenvalue weighted by Gasteiger charge is 2.37. The monoisotopic (exact) mass is 867 g/mol. The van der Waals surface area contributed by atoms with Gasteiger partial charge in [0.25, 0.3) is 5.91 Å². The second kappa shape index (κ2) is 17.4. The van der Waals surface area contributed by atoms with Crippen molar-refractivity contribution < 1.29 is 23.1 Å². The van der Waals surface area contributed by atoms with E-state index in [1.165, 1.54) is 16.6 Å². The normalized spacial score (nSPS) is 14.9. The minimum atomic E-state index is -3.62. The van der Waals surface area contributed by atoms with Crippen LogP contribution in [-0.2, 0) is 36.0 Å². The Hall–Kier alpha value is -6.85. The van der Waals surface area contributed by atoms with Crippen LogP contribution in [0.1, 0.15) is 116 Å². The van der Waals surface area contributed by atoms with E-state index in [1.54, 1.807) is 0 Å². The van der Waals surface area contributed by atoms with Gasteiger partial charge in [-0.1, -0.05) is 72.8 Å². The van der Waals surface area contributed by atoms with Gasteiger partial charge in [0.05, 0.1) is 27.8 Å². The molecule has 0 atom stereocenters. The summed E-state index contributed by atoms with van der Waals surface area (Å²) in [5.41, 5.74) is 10.9. The highest BCUT2D eigenvalue weighted by atomic mass is 32.2. The molecule has 0 bridgehead atoms. The zero-order valence-corrected chi connectivity index (χ0v) is 36.3. The summed E-state index contributed by atoms with van der Waals surface area (Å²) >= 11 is 0. The number of hydrogen-bond donors (Lipinski definition) is 2. The van der Waals surface area contributed by atoms with Gasteiger partial charge in [-0.25, -0.2) is 17.9 Å². The number of nitrogens with zero attached hydrogens (tertiary/aromatic N) is 4. The minimum Gasteiger partial charge on any atom is -0.478 e. The average Bonchev–Trinajstić information content (AvgIpc) is 4.18. The number of sulfonamides is 1. The molecule has 11 heteroatoms. The molecule has 0 aliphatic heterocycles. The van der Waals surface area contributed by atoms with Crippen molar-refractivity contribution in [3.05, 3.63) is 202 Å². The molecule has 4 aromatic heterocycles. The van der Waals surface area contributed by atoms with Crippen LogP contribution in [0.3, 0.4) is 0 Å². The molecule has 0 spiro atoms. The number of pyridine rings is 2. The van der Waals surface area contributed by atoms with Gasteiger partial charge in [0, 0.05) is 61.8 Å². The molecule has 10 nitrogen and oxygen atoms in total. The second-order valence-corrected chi connectivity index (χ2v) is 19.5. The molecule has 0 unspecified atom stereocenters. The molecule has 8 aromatic rings. The van der Waals surface area contributed by atoms with E-state index in [0.717, 1.165) is 77.3 Å². The maximum atomic E-state index is 13.1. The number of carboxylic acids is 1. The number of fused-ring (bicyclic) bond motifs is 2. The molecule has 3 saturated carbocycles. The first-order valence-corrected chi connectivity index (χ1v) is 23.7. The Labute approximate surface area is 372 Å². The minimum absolute atomic E-state index is 0.330. The molecule has 2 N–H and O–H groups in total. The van der Waals surface area contributed by atoms with Crippen LogP contribution < -0.4 is 4.72 Å². The van der Waals surface area contributed by atoms with Crippen LogP contribution in [0.2, 0.25) is 0 Å². The summed E-state index contributed by atoms with van der Waals surface area (Å²) in [6.45, 7) is 1.63. The van der Waals surface area contributed by atoms with Gasteiger partial charge >= 0.3 is 5.97 Å². The van der Waals surface area contributed by atoms with Crippen molar-refractivity contribution in [2.45, 2.75) is 81.5 Å². The topological polar surface area (TPSA) is 136 Å². The van der Waals surface area contributed by atoms with Crippen molar-refractivity contribution in [1.82, 2.24) is 23.8 Å². The molecule has 0 radical (unpaired) electrons. The van der Waals surface area contributed by atoms with E-state index in [4.69, 9.17) is 0 Å². The molecule has 3 aliphatic carbocycles. The third-order valence-corrected chi connectivity index (χ3v) is 14.4. The van der Waals surface area contributed by atoms with Gasteiger partial charge in [0.15, 0.2) is 0 Å². The number of rotatable bonds is 14. The fourth-order valence-electron chi connectivity index (χ4n) is 8.55. The number of carbonyl (C=O) groups is 2. The fourth-order valence-corrected chi connectivity index (χ4v) is 9.84. The average molecular weight is 868 g/mol. The summed E-state index contributed by atoms with van der Waals surface area (Å²) in [6, 6.07) is 41.2. The van der Waals surface area contributed by atoms with Crippen LogP contribution in [0.4, 0.5) is 0 Å². The first-order valence-electron chi connectivity index (χ1n) is 22.1. The third-order valence-electron chi connectivity index (χ3n) is 12.6. The van der Waals surface area contributed by atoms with Gasteiger partial charge in [-0.15, -0.1) is 0 Å². The van der Waals surface area contributed by atoms with E-state index in [9.17, 15) is 23.1 Å². The molecule has 4 heterocycles. The lowest BCUT2D eigenvalue weighted by molar-refractivity contribution is 0.0694. The molecular weight excluding hydrogens is 819 g/mol. The molecule has 322 valence electrons. The third kappa shape index (κ3) is 9.40. The van der Waals surface area contributed by atoms with E-state index in [2.05, 4.69) is 121 Å². The van der Waals surface area contributed by atoms with Crippen molar-refractivity contribution in [3.8, 4) is 0 Å². The molecular formula is C53H49N5O5S. The van der Waals surface area contributed by atoms with Gasteiger partial charge in [-0.05, 0) is 143 Å². The second-order valence-electron chi connectivity index (χ2n) is 17.6. The largest absolute Gasteiger partial charge is 0.478 e. The predicted molar refractivity (Wildman–Crippen MR) is 249 cm³/mol. The molecule has 1 amide bonds. The lowest BCUT2D eigenvalue weighted by atomic mass is 10.0. The first-order chi connectivity index (χ1) is 31.1. The van der Waals surface area contributed by atoms with Crippen molar-refractivity contribution >= 4 is 43.7 Å². The van der Waals surface area contributed by atoms with Crippen molar-refractivity contribution in [3.63, 3.8) is 0 Å². The van der Waals surface area contributed by atoms with Crippen LogP contribution in [0.25, 0.3) is 21.8 Å². The molecule has 3 aliphatic rings. The molecule has 64 heavy (non-hydrogen) atoms. The molecule has 0 saturated heterocycles. The van der Waals surface area contributed by atoms with Crippen LogP contribution >= 0.6 is 0 Å². The molecule has 4 aromatic carbocycles. The number of carbonyl (C=O) groups excluding carboxylic acids is 1. The number of aromatic nitrogens is 4. The van der Waals surface area contributed by atoms with Crippen LogP contribution in [0.5, 0.6) is 0 Å². The zero-order chi connectivity index (χ0) is 43.8. The molecule has 3 fully saturated rings. The summed E-state index contributed by atoms with van der Waals surface area (Å²) in [4.78, 5) is 33.9. The Kier molecular flexibility index (Phi) is 11.2. The summed E-state index contributed by atoms with van der Waals surface area (Å²) in [6.07, 6.45) is 14.5. The van der Waals surface area contributed by atoms with Crippen molar-refractivity contribution in [2.75, 3.05) is 0 Å². The first kappa shape index (κ1) is 41.2. The highest BCUT2D eigenvalue weighted by Crippen LogP contribution is 2.41. The number of carboxylic acid groups (broad SMARTS) is 1. The van der Waals surface area contributed by atoms with Gasteiger partial charge < -0.3 is 14.2 Å². The maximum absolute atomic E-state index is 13.1. The number of benzene rings is 4. The molecule has 11 rings (SSSR count). The van der Waals surface area contributed by atoms with Gasteiger partial charge in [0.2, 0.25) is 10.0 Å². The lowest BCUT2D eigenvalue weighted by Crippen LogP contribution is -2.34. The van der Waals surface area contributed by atoms with E-state index in [-0.39, 0.29) is 0 Å². The Morgan fingerprint density at radius 1 is 0.578 bits per heavy atom. The Bertz CT molecular complexity index is 3130. The van der Waals surface area contributed by atoms with E-state index < -0.39 is 27.1 Å². The SMILES string of the molecule is O=C(NS(=O)(=O)C1CC1)c1cc(C2CC2)cnc1Cc1ccc2c(ccn2Cc2ccccc2)c1.O=C(O)c1cc(C2CC2)cnc1Cc1ccc2c(ccn2Cc2ccccc2)c1. The fraction of sp³-hybridized carbons (Fsp3) is 0.245. The highest BCUT2D eigenvalue weighted by molar-refractivity contribution is 7.91. The van der Waals surface area contributed by atoms with E-state index in [1.807, 2.05) is 48.8 Å². The standard InChI is InChI=1S/C28H27N3O3S.C25H22N2O2/c32-28(30-35(33,34)24-9-10-24)25-16-23(21-7-8-21)17-29-26(25)15-20-6-11-27-22(14-20)12-13-31(27)18-19-4-2-1-3-5-19;28-25(29)22-14-21(19-7-8-19)15-26-23(22)13-18-6-9-24-20(12-18)10-11-27(24)16-17-4-2-1-3-5-17/h1-6,11-14,16-17,21,24H,7-10,15,18H2,(H,30,32);1-6,9-12,14-15,19H,7-8,13,16H2,(H,28,29). The smallest absolute Gasteiger partial charge is 0.337 e. The Morgan fingerprint density at radius 2 is 1.05 bits per heavy atom. The van der Waals surface area contributed by atoms with Crippen LogP contribution in [0.15, 0.2) is 146 Å². The van der Waals surface area contributed by atoms with Crippen LogP contribution in [0, 0.1) is 0 Å². The summed E-state index contributed by atoms with van der Waals surface area (Å²) in [7, 11) is -3.62. The Balaban J connectivity index is 0.000000154. The summed E-state index contributed by atoms with van der Waals surface area (Å²) in [5, 5.41) is 11.5. The van der Waals surface area contributed by atoms with Crippen LogP contribution in [-0.4, -0.2) is 49.8 Å². The number of hydrogen-bond acceptors (Lipinski definition) is 6. The summed E-state index contributed by atoms with van der Waals surface area (Å²) in [5.74, 6) is -0.554. The number of aromatic carboxylic acids is 1. The Morgan fingerprint density at radius 3 is 1.50 bits per heavy atom. The van der Waals surface area contributed by atoms with E-state index in [0.29, 0.717) is 60.0 Å². The van der Waals surface area contributed by atoms with Gasteiger partial charge in [-0.3, -0.25) is 14.8 Å². The van der Waals surface area contributed by atoms with Crippen molar-refractivity contribution in [1.29, 1.82) is 0 Å².